The first-order chi connectivity index (χ1) is 23.9. The van der Waals surface area contributed by atoms with Crippen LogP contribution in [0.5, 0.6) is 5.75 Å². The summed E-state index contributed by atoms with van der Waals surface area (Å²) in [4.78, 5) is 18.3. The van der Waals surface area contributed by atoms with Crippen LogP contribution in [-0.2, 0) is 27.7 Å². The first kappa shape index (κ1) is 36.6. The zero-order chi connectivity index (χ0) is 35.9. The third-order valence-electron chi connectivity index (χ3n) is 8.62. The Morgan fingerprint density at radius 1 is 0.860 bits per heavy atom. The van der Waals surface area contributed by atoms with Crippen molar-refractivity contribution in [2.45, 2.75) is 90.2 Å². The maximum atomic E-state index is 14.1. The van der Waals surface area contributed by atoms with Gasteiger partial charge in [-0.05, 0) is 98.8 Å². The molecule has 5 rings (SSSR count). The Labute approximate surface area is 297 Å². The second-order valence-corrected chi connectivity index (χ2v) is 15.5. The molecule has 0 aliphatic heterocycles. The van der Waals surface area contributed by atoms with Gasteiger partial charge in [-0.3, -0.25) is 4.31 Å². The predicted molar refractivity (Wildman–Crippen MR) is 202 cm³/mol. The highest BCUT2D eigenvalue weighted by Gasteiger charge is 2.26. The molecule has 0 N–H and O–H groups in total. The summed E-state index contributed by atoms with van der Waals surface area (Å²) in [5.74, 6) is 1.22. The largest absolute Gasteiger partial charge is 0.497 e. The maximum absolute atomic E-state index is 14.1. The topological polar surface area (TPSA) is 90.7 Å². The van der Waals surface area contributed by atoms with Gasteiger partial charge in [0.1, 0.15) is 17.2 Å². The molecule has 5 aromatic rings. The number of fused-ring (bicyclic) bond motifs is 1. The van der Waals surface area contributed by atoms with Crippen molar-refractivity contribution >= 4 is 32.7 Å². The van der Waals surface area contributed by atoms with Gasteiger partial charge in [-0.15, -0.1) is 0 Å². The molecule has 4 aromatic carbocycles. The van der Waals surface area contributed by atoms with E-state index < -0.39 is 15.6 Å². The molecule has 0 aliphatic rings. The Kier molecular flexibility index (Phi) is 11.7. The van der Waals surface area contributed by atoms with Gasteiger partial charge in [-0.1, -0.05) is 75.6 Å². The van der Waals surface area contributed by atoms with Gasteiger partial charge < -0.3 is 14.0 Å². The number of nitrogens with zero attached hydrogens (tertiary/aromatic N) is 3. The minimum Gasteiger partial charge on any atom is -0.497 e. The molecule has 8 nitrogen and oxygen atoms in total. The molecule has 0 amide bonds. The number of aromatic nitrogens is 2. The van der Waals surface area contributed by atoms with Crippen LogP contribution in [0.15, 0.2) is 95.9 Å². The van der Waals surface area contributed by atoms with Crippen molar-refractivity contribution in [1.29, 1.82) is 0 Å². The van der Waals surface area contributed by atoms with Crippen molar-refractivity contribution in [2.75, 3.05) is 18.0 Å². The molecule has 1 heterocycles. The minimum absolute atomic E-state index is 0.223. The number of imidazole rings is 1. The lowest BCUT2D eigenvalue weighted by Gasteiger charge is -2.25. The van der Waals surface area contributed by atoms with Crippen LogP contribution >= 0.6 is 0 Å². The van der Waals surface area contributed by atoms with Crippen LogP contribution in [0.1, 0.15) is 88.5 Å². The average Bonchev–Trinajstić information content (AvgIpc) is 3.44. The van der Waals surface area contributed by atoms with Gasteiger partial charge in [-0.2, -0.15) is 0 Å². The van der Waals surface area contributed by atoms with E-state index in [4.69, 9.17) is 14.5 Å². The SMILES string of the molecule is CCCCCN(c1ccc2nc(CCCC)n(Cc3ccc(-c4ccccc4C(=O)OC(C)(C)C)cc3)c2c1)S(=O)(=O)c1ccc(OC)cc1. The Morgan fingerprint density at radius 3 is 2.22 bits per heavy atom. The van der Waals surface area contributed by atoms with Crippen molar-refractivity contribution in [3.05, 3.63) is 108 Å². The fourth-order valence-electron chi connectivity index (χ4n) is 6.00. The molecular weight excluding hydrogens is 647 g/mol. The van der Waals surface area contributed by atoms with Crippen LogP contribution in [0.3, 0.4) is 0 Å². The minimum atomic E-state index is -3.84. The lowest BCUT2D eigenvalue weighted by molar-refractivity contribution is 0.00704. The van der Waals surface area contributed by atoms with Crippen molar-refractivity contribution < 1.29 is 22.7 Å². The van der Waals surface area contributed by atoms with Gasteiger partial charge >= 0.3 is 5.97 Å². The molecule has 0 unspecified atom stereocenters. The number of methoxy groups -OCH3 is 1. The van der Waals surface area contributed by atoms with Crippen molar-refractivity contribution in [2.24, 2.45) is 0 Å². The van der Waals surface area contributed by atoms with Crippen LogP contribution in [0.2, 0.25) is 0 Å². The fraction of sp³-hybridized carbons (Fsp3) is 0.366. The number of unbranched alkanes of at least 4 members (excludes halogenated alkanes) is 3. The summed E-state index contributed by atoms with van der Waals surface area (Å²) in [6.45, 7) is 10.8. The number of anilines is 1. The van der Waals surface area contributed by atoms with E-state index in [-0.39, 0.29) is 10.9 Å². The zero-order valence-corrected chi connectivity index (χ0v) is 30.9. The van der Waals surface area contributed by atoms with Crippen molar-refractivity contribution in [1.82, 2.24) is 9.55 Å². The summed E-state index contributed by atoms with van der Waals surface area (Å²) < 4.78 is 42.9. The summed E-state index contributed by atoms with van der Waals surface area (Å²) in [6.07, 6.45) is 5.49. The molecule has 0 saturated heterocycles. The van der Waals surface area contributed by atoms with E-state index in [2.05, 4.69) is 30.5 Å². The molecule has 0 fully saturated rings. The third-order valence-corrected chi connectivity index (χ3v) is 10.5. The number of ether oxygens (including phenoxy) is 2. The normalized spacial score (nSPS) is 11.9. The van der Waals surface area contributed by atoms with Gasteiger partial charge in [-0.25, -0.2) is 18.2 Å². The summed E-state index contributed by atoms with van der Waals surface area (Å²) in [7, 11) is -2.28. The zero-order valence-electron chi connectivity index (χ0n) is 30.1. The Morgan fingerprint density at radius 2 is 1.56 bits per heavy atom. The number of sulfonamides is 1. The van der Waals surface area contributed by atoms with E-state index in [9.17, 15) is 13.2 Å². The lowest BCUT2D eigenvalue weighted by atomic mass is 9.98. The molecule has 0 radical (unpaired) electrons. The van der Waals surface area contributed by atoms with Crippen LogP contribution in [0, 0.1) is 0 Å². The maximum Gasteiger partial charge on any atom is 0.339 e. The van der Waals surface area contributed by atoms with Crippen LogP contribution in [0.25, 0.3) is 22.2 Å². The van der Waals surface area contributed by atoms with Gasteiger partial charge in [0.25, 0.3) is 10.0 Å². The standard InChI is InChI=1S/C41H49N3O5S/c1-7-9-13-27-44(50(46,47)34-24-22-33(48-6)23-25-34)32-21-26-37-38(28-32)43(39(42-37)16-10-8-2)29-30-17-19-31(20-18-30)35-14-11-12-15-36(35)40(45)49-41(3,4)5/h11-12,14-15,17-26,28H,7-10,13,16,27,29H2,1-6H3. The van der Waals surface area contributed by atoms with E-state index >= 15 is 0 Å². The molecule has 50 heavy (non-hydrogen) atoms. The first-order valence-corrected chi connectivity index (χ1v) is 19.0. The van der Waals surface area contributed by atoms with Gasteiger partial charge in [0.05, 0.1) is 34.3 Å². The number of rotatable bonds is 15. The van der Waals surface area contributed by atoms with Crippen LogP contribution in [-0.4, -0.2) is 43.2 Å². The first-order valence-electron chi connectivity index (χ1n) is 17.5. The van der Waals surface area contributed by atoms with Crippen LogP contribution in [0.4, 0.5) is 5.69 Å². The van der Waals surface area contributed by atoms with E-state index in [1.165, 1.54) is 4.31 Å². The number of aryl methyl sites for hydroxylation is 1. The number of carbonyl (C=O) groups excluding carboxylic acids is 1. The molecule has 9 heteroatoms. The molecule has 0 atom stereocenters. The second kappa shape index (κ2) is 15.9. The van der Waals surface area contributed by atoms with Gasteiger partial charge in [0.2, 0.25) is 0 Å². The summed E-state index contributed by atoms with van der Waals surface area (Å²) in [5.41, 5.74) is 5.07. The van der Waals surface area contributed by atoms with Crippen molar-refractivity contribution in [3.8, 4) is 16.9 Å². The summed E-state index contributed by atoms with van der Waals surface area (Å²) >= 11 is 0. The third kappa shape index (κ3) is 8.56. The number of carbonyl (C=O) groups is 1. The lowest BCUT2D eigenvalue weighted by Crippen LogP contribution is -2.32. The van der Waals surface area contributed by atoms with Gasteiger partial charge in [0.15, 0.2) is 0 Å². The molecule has 1 aromatic heterocycles. The molecule has 0 aliphatic carbocycles. The monoisotopic (exact) mass is 695 g/mol. The van der Waals surface area contributed by atoms with E-state index in [1.54, 1.807) is 37.4 Å². The molecule has 0 spiro atoms. The highest BCUT2D eigenvalue weighted by molar-refractivity contribution is 7.92. The Bertz CT molecular complexity index is 2010. The highest BCUT2D eigenvalue weighted by atomic mass is 32.2. The molecule has 264 valence electrons. The van der Waals surface area contributed by atoms with E-state index in [0.717, 1.165) is 72.1 Å². The number of hydrogen-bond acceptors (Lipinski definition) is 6. The number of benzene rings is 4. The summed E-state index contributed by atoms with van der Waals surface area (Å²) in [6, 6.07) is 28.0. The average molecular weight is 696 g/mol. The Balaban J connectivity index is 1.51. The fourth-order valence-corrected chi connectivity index (χ4v) is 7.50. The van der Waals surface area contributed by atoms with Gasteiger partial charge in [0, 0.05) is 19.5 Å². The molecule has 0 bridgehead atoms. The molecular formula is C41H49N3O5S. The molecule has 0 saturated carbocycles. The number of esters is 1. The highest BCUT2D eigenvalue weighted by Crippen LogP contribution is 2.31. The van der Waals surface area contributed by atoms with E-state index in [1.807, 2.05) is 69.3 Å². The quantitative estimate of drug-likeness (QED) is 0.0801. The predicted octanol–water partition coefficient (Wildman–Crippen LogP) is 9.44. The smallest absolute Gasteiger partial charge is 0.339 e. The Hall–Kier alpha value is -4.63. The summed E-state index contributed by atoms with van der Waals surface area (Å²) in [5, 5.41) is 0. The van der Waals surface area contributed by atoms with Crippen molar-refractivity contribution in [3.63, 3.8) is 0 Å². The second-order valence-electron chi connectivity index (χ2n) is 13.6. The van der Waals surface area contributed by atoms with Crippen LogP contribution < -0.4 is 9.04 Å². The number of hydrogen-bond donors (Lipinski definition) is 0. The van der Waals surface area contributed by atoms with E-state index in [0.29, 0.717) is 30.1 Å².